The normalized spacial score (nSPS) is 20.6. The summed E-state index contributed by atoms with van der Waals surface area (Å²) in [5, 5.41) is 8.96. The third-order valence-electron chi connectivity index (χ3n) is 4.12. The first kappa shape index (κ1) is 16.3. The lowest BCUT2D eigenvalue weighted by Crippen LogP contribution is -2.51. The lowest BCUT2D eigenvalue weighted by Gasteiger charge is -2.40. The maximum atomic E-state index is 8.96. The topological polar surface area (TPSA) is 35.9 Å². The molecule has 0 aliphatic carbocycles. The van der Waals surface area contributed by atoms with Crippen LogP contribution in [0.25, 0.3) is 0 Å². The molecule has 4 nitrogen and oxygen atoms in total. The van der Waals surface area contributed by atoms with Gasteiger partial charge in [-0.05, 0) is 26.3 Å². The highest BCUT2D eigenvalue weighted by Gasteiger charge is 2.23. The number of aliphatic hydroxyl groups excluding tert-OH is 1. The minimum Gasteiger partial charge on any atom is -0.494 e. The van der Waals surface area contributed by atoms with Crippen molar-refractivity contribution in [2.75, 3.05) is 39.4 Å². The van der Waals surface area contributed by atoms with E-state index in [1.807, 2.05) is 13.0 Å². The van der Waals surface area contributed by atoms with Crippen LogP contribution < -0.4 is 4.74 Å². The molecule has 1 aromatic rings. The summed E-state index contributed by atoms with van der Waals surface area (Å²) in [4.78, 5) is 4.97. The number of ether oxygens (including phenoxy) is 1. The SMILES string of the molecule is CCOc1ccccc1CN1CCN(CCCO)[C@@H](C)C1. The highest BCUT2D eigenvalue weighted by Crippen LogP contribution is 2.21. The van der Waals surface area contributed by atoms with Crippen molar-refractivity contribution in [1.29, 1.82) is 0 Å². The smallest absolute Gasteiger partial charge is 0.123 e. The monoisotopic (exact) mass is 292 g/mol. The van der Waals surface area contributed by atoms with Gasteiger partial charge in [0.15, 0.2) is 0 Å². The molecule has 0 radical (unpaired) electrons. The number of aliphatic hydroxyl groups is 1. The number of para-hydroxylation sites is 1. The maximum absolute atomic E-state index is 8.96. The first-order valence-electron chi connectivity index (χ1n) is 8.02. The lowest BCUT2D eigenvalue weighted by atomic mass is 10.1. The first-order chi connectivity index (χ1) is 10.2. The lowest BCUT2D eigenvalue weighted by molar-refractivity contribution is 0.0731. The molecule has 4 heteroatoms. The van der Waals surface area contributed by atoms with Crippen LogP contribution in [0.1, 0.15) is 25.8 Å². The van der Waals surface area contributed by atoms with Crippen molar-refractivity contribution in [3.8, 4) is 5.75 Å². The molecule has 0 amide bonds. The molecule has 0 spiro atoms. The quantitative estimate of drug-likeness (QED) is 0.833. The fraction of sp³-hybridized carbons (Fsp3) is 0.647. The summed E-state index contributed by atoms with van der Waals surface area (Å²) in [5.41, 5.74) is 1.27. The van der Waals surface area contributed by atoms with E-state index in [2.05, 4.69) is 34.9 Å². The number of hydrogen-bond acceptors (Lipinski definition) is 4. The third kappa shape index (κ3) is 4.70. The van der Waals surface area contributed by atoms with Gasteiger partial charge in [-0.1, -0.05) is 18.2 Å². The minimum atomic E-state index is 0.286. The van der Waals surface area contributed by atoms with E-state index in [4.69, 9.17) is 9.84 Å². The molecule has 1 aliphatic heterocycles. The maximum Gasteiger partial charge on any atom is 0.123 e. The molecule has 1 heterocycles. The zero-order valence-electron chi connectivity index (χ0n) is 13.3. The first-order valence-corrected chi connectivity index (χ1v) is 8.02. The van der Waals surface area contributed by atoms with Crippen LogP contribution in [0.5, 0.6) is 5.75 Å². The van der Waals surface area contributed by atoms with Gasteiger partial charge in [0.05, 0.1) is 6.61 Å². The van der Waals surface area contributed by atoms with E-state index < -0.39 is 0 Å². The number of nitrogens with zero attached hydrogens (tertiary/aromatic N) is 2. The summed E-state index contributed by atoms with van der Waals surface area (Å²) < 4.78 is 5.71. The van der Waals surface area contributed by atoms with Gasteiger partial charge in [-0.3, -0.25) is 9.80 Å². The Hall–Kier alpha value is -1.10. The van der Waals surface area contributed by atoms with Crippen molar-refractivity contribution in [3.05, 3.63) is 29.8 Å². The van der Waals surface area contributed by atoms with Crippen molar-refractivity contribution >= 4 is 0 Å². The van der Waals surface area contributed by atoms with Crippen LogP contribution in [-0.2, 0) is 6.54 Å². The van der Waals surface area contributed by atoms with Crippen LogP contribution in [0.2, 0.25) is 0 Å². The molecule has 1 fully saturated rings. The standard InChI is InChI=1S/C17H28N2O2/c1-3-21-17-8-5-4-7-16(17)14-18-10-11-19(9-6-12-20)15(2)13-18/h4-5,7-8,15,20H,3,6,9-14H2,1-2H3/t15-/m0/s1. The molecule has 0 bridgehead atoms. The minimum absolute atomic E-state index is 0.286. The molecule has 0 unspecified atom stereocenters. The van der Waals surface area contributed by atoms with Crippen LogP contribution in [0.3, 0.4) is 0 Å². The van der Waals surface area contributed by atoms with Gasteiger partial charge in [-0.15, -0.1) is 0 Å². The highest BCUT2D eigenvalue weighted by molar-refractivity contribution is 5.33. The van der Waals surface area contributed by atoms with Crippen molar-refractivity contribution < 1.29 is 9.84 Å². The Kier molecular flexibility index (Phi) is 6.49. The molecule has 1 saturated heterocycles. The highest BCUT2D eigenvalue weighted by atomic mass is 16.5. The Labute approximate surface area is 128 Å². The summed E-state index contributed by atoms with van der Waals surface area (Å²) in [7, 11) is 0. The summed E-state index contributed by atoms with van der Waals surface area (Å²) in [5.74, 6) is 1.01. The number of piperazine rings is 1. The van der Waals surface area contributed by atoms with E-state index in [1.54, 1.807) is 0 Å². The van der Waals surface area contributed by atoms with Crippen molar-refractivity contribution in [1.82, 2.24) is 9.80 Å². The van der Waals surface area contributed by atoms with Gasteiger partial charge < -0.3 is 9.84 Å². The van der Waals surface area contributed by atoms with E-state index in [-0.39, 0.29) is 6.61 Å². The Balaban J connectivity index is 1.90. The van der Waals surface area contributed by atoms with Crippen LogP contribution in [-0.4, -0.2) is 60.3 Å². The largest absolute Gasteiger partial charge is 0.494 e. The average Bonchev–Trinajstić information content (AvgIpc) is 2.49. The summed E-state index contributed by atoms with van der Waals surface area (Å²) in [6.07, 6.45) is 0.873. The predicted octanol–water partition coefficient (Wildman–Crippen LogP) is 1.97. The Morgan fingerprint density at radius 3 is 2.81 bits per heavy atom. The Morgan fingerprint density at radius 2 is 2.10 bits per heavy atom. The van der Waals surface area contributed by atoms with Crippen molar-refractivity contribution in [3.63, 3.8) is 0 Å². The number of rotatable bonds is 7. The molecule has 21 heavy (non-hydrogen) atoms. The molecule has 1 aliphatic rings. The zero-order chi connectivity index (χ0) is 15.1. The van der Waals surface area contributed by atoms with E-state index in [0.29, 0.717) is 12.6 Å². The van der Waals surface area contributed by atoms with Gasteiger partial charge in [0.2, 0.25) is 0 Å². The van der Waals surface area contributed by atoms with Crippen LogP contribution >= 0.6 is 0 Å². The summed E-state index contributed by atoms with van der Waals surface area (Å²) in [6, 6.07) is 8.88. The number of benzene rings is 1. The van der Waals surface area contributed by atoms with E-state index >= 15 is 0 Å². The van der Waals surface area contributed by atoms with Gasteiger partial charge in [0, 0.05) is 50.9 Å². The second-order valence-corrected chi connectivity index (χ2v) is 5.74. The van der Waals surface area contributed by atoms with E-state index in [1.165, 1.54) is 5.56 Å². The molecule has 0 aromatic heterocycles. The number of hydrogen-bond donors (Lipinski definition) is 1. The Bertz CT molecular complexity index is 425. The summed E-state index contributed by atoms with van der Waals surface area (Å²) >= 11 is 0. The molecule has 1 aromatic carbocycles. The van der Waals surface area contributed by atoms with Gasteiger partial charge in [-0.2, -0.15) is 0 Å². The van der Waals surface area contributed by atoms with Crippen molar-refractivity contribution in [2.24, 2.45) is 0 Å². The third-order valence-corrected chi connectivity index (χ3v) is 4.12. The molecule has 2 rings (SSSR count). The molecule has 1 N–H and O–H groups in total. The predicted molar refractivity (Wildman–Crippen MR) is 85.6 cm³/mol. The van der Waals surface area contributed by atoms with Gasteiger partial charge in [0.25, 0.3) is 0 Å². The fourth-order valence-electron chi connectivity index (χ4n) is 2.99. The second-order valence-electron chi connectivity index (χ2n) is 5.74. The van der Waals surface area contributed by atoms with Crippen molar-refractivity contribution in [2.45, 2.75) is 32.9 Å². The average molecular weight is 292 g/mol. The molecular formula is C17H28N2O2. The zero-order valence-corrected chi connectivity index (χ0v) is 13.3. The molecular weight excluding hydrogens is 264 g/mol. The van der Waals surface area contributed by atoms with Crippen LogP contribution in [0, 0.1) is 0 Å². The van der Waals surface area contributed by atoms with E-state index in [0.717, 1.165) is 44.9 Å². The van der Waals surface area contributed by atoms with E-state index in [9.17, 15) is 0 Å². The second kappa shape index (κ2) is 8.37. The van der Waals surface area contributed by atoms with Gasteiger partial charge in [0.1, 0.15) is 5.75 Å². The molecule has 118 valence electrons. The molecule has 1 atom stereocenters. The Morgan fingerprint density at radius 1 is 1.29 bits per heavy atom. The summed E-state index contributed by atoms with van der Waals surface area (Å²) in [6.45, 7) is 10.5. The fourth-order valence-corrected chi connectivity index (χ4v) is 2.99. The van der Waals surface area contributed by atoms with Gasteiger partial charge >= 0.3 is 0 Å². The van der Waals surface area contributed by atoms with Crippen LogP contribution in [0.15, 0.2) is 24.3 Å². The molecule has 0 saturated carbocycles. The van der Waals surface area contributed by atoms with Gasteiger partial charge in [-0.25, -0.2) is 0 Å². The van der Waals surface area contributed by atoms with Crippen LogP contribution in [0.4, 0.5) is 0 Å².